The summed E-state index contributed by atoms with van der Waals surface area (Å²) in [5.41, 5.74) is 5.60. The van der Waals surface area contributed by atoms with Crippen molar-refractivity contribution in [1.82, 2.24) is 0 Å². The van der Waals surface area contributed by atoms with Crippen LogP contribution in [-0.4, -0.2) is 12.1 Å². The van der Waals surface area contributed by atoms with Gasteiger partial charge in [0.15, 0.2) is 0 Å². The first-order valence-electron chi connectivity index (χ1n) is 6.55. The van der Waals surface area contributed by atoms with Gasteiger partial charge in [0.2, 0.25) is 0 Å². The average Bonchev–Trinajstić information content (AvgIpc) is 2.40. The lowest BCUT2D eigenvalue weighted by molar-refractivity contribution is -0.137. The van der Waals surface area contributed by atoms with Gasteiger partial charge in [-0.2, -0.15) is 18.4 Å². The molecule has 0 unspecified atom stereocenters. The molecule has 2 rings (SSSR count). The Labute approximate surface area is 115 Å². The predicted octanol–water partition coefficient (Wildman–Crippen LogP) is 3.26. The third kappa shape index (κ3) is 3.23. The van der Waals surface area contributed by atoms with Crippen LogP contribution in [-0.2, 0) is 6.18 Å². The number of alkyl halides is 3. The highest BCUT2D eigenvalue weighted by molar-refractivity contribution is 5.59. The van der Waals surface area contributed by atoms with Gasteiger partial charge in [0.25, 0.3) is 0 Å². The number of nitrogens with zero attached hydrogens (tertiary/aromatic N) is 1. The van der Waals surface area contributed by atoms with Gasteiger partial charge < -0.3 is 11.1 Å². The Kier molecular flexibility index (Phi) is 4.19. The number of nitrogens with two attached hydrogens (primary N) is 1. The van der Waals surface area contributed by atoms with Crippen molar-refractivity contribution in [3.05, 3.63) is 29.3 Å². The zero-order valence-electron chi connectivity index (χ0n) is 10.9. The van der Waals surface area contributed by atoms with Crippen molar-refractivity contribution < 1.29 is 13.2 Å². The smallest absolute Gasteiger partial charge is 0.380 e. The van der Waals surface area contributed by atoms with Crippen LogP contribution in [0.1, 0.15) is 36.8 Å². The lowest BCUT2D eigenvalue weighted by Crippen LogP contribution is -2.42. The van der Waals surface area contributed by atoms with Crippen LogP contribution in [0.4, 0.5) is 18.9 Å². The Morgan fingerprint density at radius 2 is 1.95 bits per heavy atom. The highest BCUT2D eigenvalue weighted by Crippen LogP contribution is 2.32. The van der Waals surface area contributed by atoms with E-state index in [0.29, 0.717) is 5.69 Å². The van der Waals surface area contributed by atoms with Crippen LogP contribution in [0.3, 0.4) is 0 Å². The molecule has 0 amide bonds. The maximum atomic E-state index is 12.6. The molecule has 6 heteroatoms. The maximum absolute atomic E-state index is 12.6. The summed E-state index contributed by atoms with van der Waals surface area (Å²) in [4.78, 5) is 0. The van der Waals surface area contributed by atoms with Crippen LogP contribution >= 0.6 is 0 Å². The minimum absolute atomic E-state index is 0.00222. The number of benzene rings is 1. The van der Waals surface area contributed by atoms with E-state index in [9.17, 15) is 13.2 Å². The Hall–Kier alpha value is -1.74. The summed E-state index contributed by atoms with van der Waals surface area (Å²) in [6, 6.07) is 4.95. The van der Waals surface area contributed by atoms with E-state index in [1.165, 1.54) is 6.07 Å². The van der Waals surface area contributed by atoms with E-state index >= 15 is 0 Å². The first kappa shape index (κ1) is 14.7. The van der Waals surface area contributed by atoms with Crippen LogP contribution in [0, 0.1) is 11.3 Å². The number of nitrogens with one attached hydrogen (secondary N) is 1. The molecule has 0 radical (unpaired) electrons. The van der Waals surface area contributed by atoms with E-state index in [-0.39, 0.29) is 17.6 Å². The Morgan fingerprint density at radius 1 is 1.25 bits per heavy atom. The number of halogens is 3. The van der Waals surface area contributed by atoms with Gasteiger partial charge in [0, 0.05) is 12.1 Å². The summed E-state index contributed by atoms with van der Waals surface area (Å²) >= 11 is 0. The van der Waals surface area contributed by atoms with Crippen LogP contribution < -0.4 is 11.1 Å². The lowest BCUT2D eigenvalue weighted by Gasteiger charge is -2.30. The number of hydrogen-bond donors (Lipinski definition) is 2. The minimum Gasteiger partial charge on any atom is -0.380 e. The second-order valence-electron chi connectivity index (χ2n) is 5.07. The Balaban J connectivity index is 2.22. The summed E-state index contributed by atoms with van der Waals surface area (Å²) in [5, 5.41) is 12.1. The number of hydrogen-bond acceptors (Lipinski definition) is 3. The molecule has 20 heavy (non-hydrogen) atoms. The van der Waals surface area contributed by atoms with Crippen LogP contribution in [0.25, 0.3) is 0 Å². The van der Waals surface area contributed by atoms with Gasteiger partial charge in [-0.3, -0.25) is 0 Å². The second-order valence-corrected chi connectivity index (χ2v) is 5.07. The number of rotatable bonds is 2. The van der Waals surface area contributed by atoms with E-state index in [0.717, 1.165) is 37.8 Å². The number of nitriles is 1. The molecular formula is C14H16F3N3. The summed E-state index contributed by atoms with van der Waals surface area (Å²) < 4.78 is 37.8. The fraction of sp³-hybridized carbons (Fsp3) is 0.500. The zero-order chi connectivity index (χ0) is 14.8. The minimum atomic E-state index is -4.44. The van der Waals surface area contributed by atoms with Gasteiger partial charge in [-0.05, 0) is 31.0 Å². The van der Waals surface area contributed by atoms with E-state index in [2.05, 4.69) is 5.32 Å². The first-order chi connectivity index (χ1) is 9.41. The van der Waals surface area contributed by atoms with Gasteiger partial charge in [0.1, 0.15) is 6.07 Å². The molecule has 3 nitrogen and oxygen atoms in total. The van der Waals surface area contributed by atoms with Crippen molar-refractivity contribution in [2.75, 3.05) is 5.32 Å². The highest BCUT2D eigenvalue weighted by Gasteiger charge is 2.31. The zero-order valence-corrected chi connectivity index (χ0v) is 10.9. The van der Waals surface area contributed by atoms with Gasteiger partial charge >= 0.3 is 6.18 Å². The molecule has 1 saturated carbocycles. The fourth-order valence-electron chi connectivity index (χ4n) is 2.48. The van der Waals surface area contributed by atoms with Crippen LogP contribution in [0.5, 0.6) is 0 Å². The SMILES string of the molecule is N#Cc1cc(C(F)(F)F)ccc1N[C@@H]1CCCC[C@H]1N. The molecule has 0 aromatic heterocycles. The summed E-state index contributed by atoms with van der Waals surface area (Å²) in [5.74, 6) is 0. The standard InChI is InChI=1S/C14H16F3N3/c15-14(16,17)10-5-6-12(9(7-10)8-18)20-13-4-2-1-3-11(13)19/h5-7,11,13,20H,1-4,19H2/t11-,13-/m1/s1. The van der Waals surface area contributed by atoms with Gasteiger partial charge in [0.05, 0.1) is 16.8 Å². The van der Waals surface area contributed by atoms with Crippen molar-refractivity contribution in [3.63, 3.8) is 0 Å². The topological polar surface area (TPSA) is 61.8 Å². The van der Waals surface area contributed by atoms with Crippen LogP contribution in [0.15, 0.2) is 18.2 Å². The van der Waals surface area contributed by atoms with Crippen molar-refractivity contribution in [2.45, 2.75) is 43.9 Å². The molecule has 1 aromatic rings. The Morgan fingerprint density at radius 3 is 2.55 bits per heavy atom. The maximum Gasteiger partial charge on any atom is 0.416 e. The second kappa shape index (κ2) is 5.71. The van der Waals surface area contributed by atoms with Crippen molar-refractivity contribution in [2.24, 2.45) is 5.73 Å². The molecule has 1 aromatic carbocycles. The van der Waals surface area contributed by atoms with E-state index in [1.54, 1.807) is 0 Å². The molecule has 3 N–H and O–H groups in total. The van der Waals surface area contributed by atoms with E-state index in [4.69, 9.17) is 11.0 Å². The molecule has 2 atom stereocenters. The summed E-state index contributed by atoms with van der Waals surface area (Å²) in [7, 11) is 0. The van der Waals surface area contributed by atoms with Gasteiger partial charge in [-0.1, -0.05) is 12.8 Å². The van der Waals surface area contributed by atoms with Crippen LogP contribution in [0.2, 0.25) is 0 Å². The third-order valence-corrected chi connectivity index (χ3v) is 3.63. The quantitative estimate of drug-likeness (QED) is 0.875. The third-order valence-electron chi connectivity index (χ3n) is 3.63. The van der Waals surface area contributed by atoms with Crippen molar-refractivity contribution in [3.8, 4) is 6.07 Å². The molecule has 0 spiro atoms. The largest absolute Gasteiger partial charge is 0.416 e. The Bertz CT molecular complexity index is 519. The van der Waals surface area contributed by atoms with E-state index < -0.39 is 11.7 Å². The molecule has 0 bridgehead atoms. The first-order valence-corrected chi connectivity index (χ1v) is 6.55. The van der Waals surface area contributed by atoms with E-state index in [1.807, 2.05) is 6.07 Å². The molecule has 1 aliphatic carbocycles. The molecule has 1 fully saturated rings. The highest BCUT2D eigenvalue weighted by atomic mass is 19.4. The average molecular weight is 283 g/mol. The van der Waals surface area contributed by atoms with Gasteiger partial charge in [-0.25, -0.2) is 0 Å². The lowest BCUT2D eigenvalue weighted by atomic mass is 9.90. The molecule has 108 valence electrons. The molecule has 0 saturated heterocycles. The fourth-order valence-corrected chi connectivity index (χ4v) is 2.48. The normalized spacial score (nSPS) is 23.1. The van der Waals surface area contributed by atoms with Crippen molar-refractivity contribution >= 4 is 5.69 Å². The van der Waals surface area contributed by atoms with Crippen molar-refractivity contribution in [1.29, 1.82) is 5.26 Å². The molecule has 1 aliphatic rings. The summed E-state index contributed by atoms with van der Waals surface area (Å²) in [6.07, 6.45) is -0.579. The predicted molar refractivity (Wildman–Crippen MR) is 70.0 cm³/mol. The molecule has 0 heterocycles. The summed E-state index contributed by atoms with van der Waals surface area (Å²) in [6.45, 7) is 0. The molecular weight excluding hydrogens is 267 g/mol. The molecule has 0 aliphatic heterocycles. The number of anilines is 1. The van der Waals surface area contributed by atoms with Gasteiger partial charge in [-0.15, -0.1) is 0 Å². The monoisotopic (exact) mass is 283 g/mol.